The number of benzene rings is 1. The summed E-state index contributed by atoms with van der Waals surface area (Å²) in [5.41, 5.74) is 3.42. The van der Waals surface area contributed by atoms with Crippen LogP contribution in [0.4, 0.5) is 0 Å². The Kier molecular flexibility index (Phi) is 5.29. The minimum atomic E-state index is -0.330. The van der Waals surface area contributed by atoms with Crippen molar-refractivity contribution < 1.29 is 9.90 Å². The van der Waals surface area contributed by atoms with Gasteiger partial charge in [0.15, 0.2) is 0 Å². The number of hydrogen-bond donors (Lipinski definition) is 2. The smallest absolute Gasteiger partial charge is 0.271 e. The Morgan fingerprint density at radius 1 is 1.30 bits per heavy atom. The highest BCUT2D eigenvalue weighted by atomic mass is 127. The monoisotopic (exact) mass is 493 g/mol. The maximum Gasteiger partial charge on any atom is 0.271 e. The number of phenolic OH excluding ortho intramolecular Hbond substituents is 1. The summed E-state index contributed by atoms with van der Waals surface area (Å²) in [6.45, 7) is 0. The second-order valence-corrected chi connectivity index (χ2v) is 6.17. The number of carbonyl (C=O) groups excluding carboxylic acids is 1. The highest BCUT2D eigenvalue weighted by molar-refractivity contribution is 14.1. The molecule has 0 saturated heterocycles. The Balaban J connectivity index is 2.10. The van der Waals surface area contributed by atoms with Crippen molar-refractivity contribution in [1.82, 2.24) is 10.4 Å². The van der Waals surface area contributed by atoms with Gasteiger partial charge >= 0.3 is 0 Å². The maximum atomic E-state index is 11.7. The number of rotatable bonds is 3. The number of nitrogens with zero attached hydrogens (tertiary/aromatic N) is 2. The molecule has 1 aromatic carbocycles. The minimum absolute atomic E-state index is 0.146. The third kappa shape index (κ3) is 3.88. The zero-order valence-corrected chi connectivity index (χ0v) is 14.4. The van der Waals surface area contributed by atoms with Crippen molar-refractivity contribution in [2.75, 3.05) is 0 Å². The Bertz CT molecular complexity index is 660. The van der Waals surface area contributed by atoms with Gasteiger partial charge in [0.1, 0.15) is 5.75 Å². The average molecular weight is 493 g/mol. The zero-order valence-electron chi connectivity index (χ0n) is 10.0. The van der Waals surface area contributed by atoms with Gasteiger partial charge < -0.3 is 5.11 Å². The van der Waals surface area contributed by atoms with E-state index in [1.165, 1.54) is 18.6 Å². The molecule has 2 aromatic rings. The van der Waals surface area contributed by atoms with Crippen LogP contribution in [-0.4, -0.2) is 22.2 Å². The lowest BCUT2D eigenvalue weighted by atomic mass is 10.2. The van der Waals surface area contributed by atoms with E-state index in [0.717, 1.165) is 7.14 Å². The first-order valence-corrected chi connectivity index (χ1v) is 7.65. The van der Waals surface area contributed by atoms with E-state index < -0.39 is 0 Å². The van der Waals surface area contributed by atoms with E-state index in [-0.39, 0.29) is 11.7 Å². The third-order valence-electron chi connectivity index (χ3n) is 2.37. The van der Waals surface area contributed by atoms with Crippen LogP contribution >= 0.6 is 45.2 Å². The summed E-state index contributed by atoms with van der Waals surface area (Å²) >= 11 is 4.19. The van der Waals surface area contributed by atoms with Gasteiger partial charge in [-0.25, -0.2) is 5.43 Å². The number of amides is 1. The van der Waals surface area contributed by atoms with Crippen LogP contribution in [0.15, 0.2) is 41.8 Å². The van der Waals surface area contributed by atoms with E-state index in [1.807, 2.05) is 28.7 Å². The average Bonchev–Trinajstić information content (AvgIpc) is 2.44. The number of pyridine rings is 1. The molecule has 5 nitrogen and oxygen atoms in total. The molecule has 0 saturated carbocycles. The lowest BCUT2D eigenvalue weighted by Gasteiger charge is -2.03. The van der Waals surface area contributed by atoms with Crippen LogP contribution in [0.25, 0.3) is 0 Å². The molecule has 102 valence electrons. The first kappa shape index (κ1) is 15.2. The number of carbonyl (C=O) groups is 1. The molecule has 2 rings (SSSR count). The molecule has 0 aliphatic heterocycles. The molecule has 20 heavy (non-hydrogen) atoms. The molecule has 0 spiro atoms. The standard InChI is InChI=1S/C13H9I2N3O2/c14-10-5-9(12(19)11(15)6-10)7-17-18-13(20)8-1-3-16-4-2-8/h1-7,19H,(H,18,20)/b17-7+. The summed E-state index contributed by atoms with van der Waals surface area (Å²) in [6, 6.07) is 6.82. The third-order valence-corrected chi connectivity index (χ3v) is 3.82. The molecular weight excluding hydrogens is 484 g/mol. The second kappa shape index (κ2) is 6.97. The van der Waals surface area contributed by atoms with Crippen molar-refractivity contribution in [3.63, 3.8) is 0 Å². The molecule has 7 heteroatoms. The Hall–Kier alpha value is -1.23. The van der Waals surface area contributed by atoms with Gasteiger partial charge in [0, 0.05) is 27.1 Å². The van der Waals surface area contributed by atoms with Crippen molar-refractivity contribution in [2.24, 2.45) is 5.10 Å². The summed E-state index contributed by atoms with van der Waals surface area (Å²) in [5, 5.41) is 13.7. The summed E-state index contributed by atoms with van der Waals surface area (Å²) in [6.07, 6.45) is 4.48. The van der Waals surface area contributed by atoms with Crippen molar-refractivity contribution in [1.29, 1.82) is 0 Å². The highest BCUT2D eigenvalue weighted by Crippen LogP contribution is 2.25. The fourth-order valence-electron chi connectivity index (χ4n) is 1.41. The van der Waals surface area contributed by atoms with Gasteiger partial charge in [-0.15, -0.1) is 0 Å². The topological polar surface area (TPSA) is 74.6 Å². The Labute approximate surface area is 142 Å². The molecule has 0 atom stereocenters. The molecule has 0 fully saturated rings. The van der Waals surface area contributed by atoms with Crippen molar-refractivity contribution in [2.45, 2.75) is 0 Å². The highest BCUT2D eigenvalue weighted by Gasteiger charge is 2.06. The first-order chi connectivity index (χ1) is 9.58. The summed E-state index contributed by atoms with van der Waals surface area (Å²) in [5.74, 6) is -0.184. The second-order valence-electron chi connectivity index (χ2n) is 3.76. The number of aromatic hydroxyl groups is 1. The van der Waals surface area contributed by atoms with Crippen LogP contribution in [0.2, 0.25) is 0 Å². The van der Waals surface area contributed by atoms with Crippen LogP contribution in [0.1, 0.15) is 15.9 Å². The molecule has 0 unspecified atom stereocenters. The predicted molar refractivity (Wildman–Crippen MR) is 92.8 cm³/mol. The van der Waals surface area contributed by atoms with Gasteiger partial charge in [0.2, 0.25) is 0 Å². The van der Waals surface area contributed by atoms with Crippen LogP contribution in [0, 0.1) is 7.14 Å². The number of halogens is 2. The number of nitrogens with one attached hydrogen (secondary N) is 1. The molecule has 1 heterocycles. The fourth-order valence-corrected chi connectivity index (χ4v) is 3.30. The van der Waals surface area contributed by atoms with Crippen molar-refractivity contribution >= 4 is 57.3 Å². The van der Waals surface area contributed by atoms with E-state index in [1.54, 1.807) is 18.2 Å². The molecule has 0 radical (unpaired) electrons. The van der Waals surface area contributed by atoms with Gasteiger partial charge in [-0.1, -0.05) is 0 Å². The van der Waals surface area contributed by atoms with Crippen LogP contribution < -0.4 is 5.43 Å². The fraction of sp³-hybridized carbons (Fsp3) is 0. The number of hydrogen-bond acceptors (Lipinski definition) is 4. The lowest BCUT2D eigenvalue weighted by molar-refractivity contribution is 0.0955. The van der Waals surface area contributed by atoms with E-state index in [4.69, 9.17) is 0 Å². The quantitative estimate of drug-likeness (QED) is 0.393. The normalized spacial score (nSPS) is 10.7. The summed E-state index contributed by atoms with van der Waals surface area (Å²) in [4.78, 5) is 15.6. The molecule has 2 N–H and O–H groups in total. The van der Waals surface area contributed by atoms with E-state index in [9.17, 15) is 9.90 Å². The predicted octanol–water partition coefficient (Wildman–Crippen LogP) is 2.76. The number of phenols is 1. The van der Waals surface area contributed by atoms with Gasteiger partial charge in [-0.2, -0.15) is 5.10 Å². The summed E-state index contributed by atoms with van der Waals surface area (Å²) in [7, 11) is 0. The molecule has 1 amide bonds. The van der Waals surface area contributed by atoms with Gasteiger partial charge in [-0.05, 0) is 69.4 Å². The number of hydrazone groups is 1. The molecule has 0 aliphatic carbocycles. The van der Waals surface area contributed by atoms with Crippen LogP contribution in [0.3, 0.4) is 0 Å². The van der Waals surface area contributed by atoms with E-state index in [0.29, 0.717) is 11.1 Å². The minimum Gasteiger partial charge on any atom is -0.506 e. The SMILES string of the molecule is O=C(N/N=C/c1cc(I)cc(I)c1O)c1ccncc1. The Morgan fingerprint density at radius 2 is 2.00 bits per heavy atom. The largest absolute Gasteiger partial charge is 0.506 e. The van der Waals surface area contributed by atoms with Crippen LogP contribution in [-0.2, 0) is 0 Å². The summed E-state index contributed by atoms with van der Waals surface area (Å²) < 4.78 is 1.71. The number of aromatic nitrogens is 1. The van der Waals surface area contributed by atoms with Crippen LogP contribution in [0.5, 0.6) is 5.75 Å². The first-order valence-electron chi connectivity index (χ1n) is 5.49. The zero-order chi connectivity index (χ0) is 14.5. The lowest BCUT2D eigenvalue weighted by Crippen LogP contribution is -2.17. The molecule has 0 aliphatic rings. The van der Waals surface area contributed by atoms with Crippen molar-refractivity contribution in [3.8, 4) is 5.75 Å². The molecule has 0 bridgehead atoms. The molecule has 1 aromatic heterocycles. The maximum absolute atomic E-state index is 11.7. The van der Waals surface area contributed by atoms with Crippen molar-refractivity contribution in [3.05, 3.63) is 54.9 Å². The Morgan fingerprint density at radius 3 is 2.70 bits per heavy atom. The van der Waals surface area contributed by atoms with E-state index >= 15 is 0 Å². The van der Waals surface area contributed by atoms with Gasteiger partial charge in [0.05, 0.1) is 9.78 Å². The van der Waals surface area contributed by atoms with Gasteiger partial charge in [0.25, 0.3) is 5.91 Å². The molecular formula is C13H9I2N3O2. The van der Waals surface area contributed by atoms with Gasteiger partial charge in [-0.3, -0.25) is 9.78 Å². The van der Waals surface area contributed by atoms with E-state index in [2.05, 4.69) is 38.1 Å².